The van der Waals surface area contributed by atoms with E-state index in [1.165, 1.54) is 12.1 Å². The maximum Gasteiger partial charge on any atom is 0.325 e. The minimum Gasteiger partial charge on any atom is -0.326 e. The van der Waals surface area contributed by atoms with E-state index in [-0.39, 0.29) is 29.5 Å². The molecular formula is C23H24FN3O4. The van der Waals surface area contributed by atoms with Crippen molar-refractivity contribution in [1.29, 1.82) is 0 Å². The lowest BCUT2D eigenvalue weighted by molar-refractivity contribution is -0.130. The molecule has 0 spiro atoms. The minimum atomic E-state index is -1.30. The summed E-state index contributed by atoms with van der Waals surface area (Å²) in [6.45, 7) is 4.74. The Kier molecular flexibility index (Phi) is 6.19. The van der Waals surface area contributed by atoms with Crippen molar-refractivity contribution in [2.45, 2.75) is 32.7 Å². The van der Waals surface area contributed by atoms with Gasteiger partial charge in [0.05, 0.1) is 12.1 Å². The van der Waals surface area contributed by atoms with Crippen LogP contribution in [0.15, 0.2) is 48.5 Å². The van der Waals surface area contributed by atoms with Crippen LogP contribution in [0.2, 0.25) is 0 Å². The second kappa shape index (κ2) is 8.67. The number of hydrogen-bond acceptors (Lipinski definition) is 4. The molecular weight excluding hydrogens is 401 g/mol. The summed E-state index contributed by atoms with van der Waals surface area (Å²) in [6.07, 6.45) is 0.286. The van der Waals surface area contributed by atoms with Crippen molar-refractivity contribution in [3.05, 3.63) is 65.5 Å². The van der Waals surface area contributed by atoms with Crippen molar-refractivity contribution in [3.8, 4) is 0 Å². The molecule has 1 heterocycles. The zero-order valence-corrected chi connectivity index (χ0v) is 17.6. The fraction of sp³-hybridized carbons (Fsp3) is 0.304. The Hall–Kier alpha value is -3.55. The Morgan fingerprint density at radius 3 is 2.42 bits per heavy atom. The average molecular weight is 425 g/mol. The number of benzene rings is 2. The minimum absolute atomic E-state index is 0.149. The van der Waals surface area contributed by atoms with Gasteiger partial charge in [-0.1, -0.05) is 44.2 Å². The molecule has 0 aromatic heterocycles. The molecule has 8 heteroatoms. The molecule has 7 nitrogen and oxygen atoms in total. The third-order valence-corrected chi connectivity index (χ3v) is 5.07. The van der Waals surface area contributed by atoms with Crippen molar-refractivity contribution < 1.29 is 23.6 Å². The van der Waals surface area contributed by atoms with Crippen molar-refractivity contribution >= 4 is 29.3 Å². The number of nitrogens with one attached hydrogen (secondary N) is 2. The Labute approximate surface area is 179 Å². The number of nitrogens with zero attached hydrogens (tertiary/aromatic N) is 1. The lowest BCUT2D eigenvalue weighted by Crippen LogP contribution is -2.41. The summed E-state index contributed by atoms with van der Waals surface area (Å²) in [5.74, 6) is -2.26. The number of Topliss-reactive ketones (excluding diaryl/α,β-unsaturated/α-hetero) is 1. The molecule has 1 unspecified atom stereocenters. The second-order valence-corrected chi connectivity index (χ2v) is 8.08. The number of rotatable bonds is 7. The first-order valence-corrected chi connectivity index (χ1v) is 9.94. The van der Waals surface area contributed by atoms with Gasteiger partial charge in [0.15, 0.2) is 5.78 Å². The van der Waals surface area contributed by atoms with E-state index in [9.17, 15) is 23.6 Å². The van der Waals surface area contributed by atoms with Gasteiger partial charge in [-0.2, -0.15) is 0 Å². The third-order valence-electron chi connectivity index (χ3n) is 5.07. The number of anilines is 1. The van der Waals surface area contributed by atoms with Crippen LogP contribution in [0, 0.1) is 11.7 Å². The highest BCUT2D eigenvalue weighted by Crippen LogP contribution is 2.29. The van der Waals surface area contributed by atoms with Crippen molar-refractivity contribution in [1.82, 2.24) is 10.2 Å². The molecule has 2 aromatic carbocycles. The molecule has 31 heavy (non-hydrogen) atoms. The fourth-order valence-corrected chi connectivity index (χ4v) is 3.44. The van der Waals surface area contributed by atoms with E-state index in [0.29, 0.717) is 5.56 Å². The van der Waals surface area contributed by atoms with Crippen LogP contribution in [0.3, 0.4) is 0 Å². The maximum atomic E-state index is 14.5. The standard InChI is InChI=1S/C23H24FN3O4/c1-14(2)11-20(29)25-16-9-10-17(18(24)12-16)19(28)13-27-21(30)23(3,26-22(27)31)15-7-5-4-6-8-15/h4-10,12,14H,11,13H2,1-3H3,(H,25,29)(H,26,31). The zero-order chi connectivity index (χ0) is 22.8. The van der Waals surface area contributed by atoms with Gasteiger partial charge >= 0.3 is 6.03 Å². The predicted molar refractivity (Wildman–Crippen MR) is 113 cm³/mol. The predicted octanol–water partition coefficient (Wildman–Crippen LogP) is 3.46. The molecule has 0 aliphatic carbocycles. The summed E-state index contributed by atoms with van der Waals surface area (Å²) in [4.78, 5) is 50.6. The van der Waals surface area contributed by atoms with Gasteiger partial charge < -0.3 is 10.6 Å². The monoisotopic (exact) mass is 425 g/mol. The van der Waals surface area contributed by atoms with E-state index < -0.39 is 35.6 Å². The Bertz CT molecular complexity index is 1040. The number of urea groups is 1. The van der Waals surface area contributed by atoms with Crippen molar-refractivity contribution in [3.63, 3.8) is 0 Å². The molecule has 1 aliphatic rings. The summed E-state index contributed by atoms with van der Waals surface area (Å²) in [5.41, 5.74) is -0.764. The van der Waals surface area contributed by atoms with Gasteiger partial charge in [0.2, 0.25) is 5.91 Å². The summed E-state index contributed by atoms with van der Waals surface area (Å²) >= 11 is 0. The van der Waals surface area contributed by atoms with E-state index in [0.717, 1.165) is 11.0 Å². The first kappa shape index (κ1) is 22.1. The van der Waals surface area contributed by atoms with Crippen LogP contribution in [0.25, 0.3) is 0 Å². The zero-order valence-electron chi connectivity index (χ0n) is 17.6. The van der Waals surface area contributed by atoms with Crippen molar-refractivity contribution in [2.24, 2.45) is 5.92 Å². The number of ketones is 1. The maximum absolute atomic E-state index is 14.5. The molecule has 162 valence electrons. The second-order valence-electron chi connectivity index (χ2n) is 8.08. The summed E-state index contributed by atoms with van der Waals surface area (Å²) < 4.78 is 14.5. The molecule has 3 rings (SSSR count). The molecule has 1 atom stereocenters. The molecule has 4 amide bonds. The lowest BCUT2D eigenvalue weighted by Gasteiger charge is -2.22. The van der Waals surface area contributed by atoms with Crippen LogP contribution >= 0.6 is 0 Å². The van der Waals surface area contributed by atoms with Gasteiger partial charge in [-0.15, -0.1) is 0 Å². The quantitative estimate of drug-likeness (QED) is 0.525. The number of carbonyl (C=O) groups excluding carboxylic acids is 4. The molecule has 0 radical (unpaired) electrons. The topological polar surface area (TPSA) is 95.6 Å². The Balaban J connectivity index is 1.73. The highest BCUT2D eigenvalue weighted by molar-refractivity contribution is 6.11. The van der Waals surface area contributed by atoms with Gasteiger partial charge in [-0.3, -0.25) is 19.3 Å². The molecule has 2 aromatic rings. The van der Waals surface area contributed by atoms with Crippen LogP contribution in [0.4, 0.5) is 14.9 Å². The van der Waals surface area contributed by atoms with E-state index in [2.05, 4.69) is 10.6 Å². The summed E-state index contributed by atoms with van der Waals surface area (Å²) in [5, 5.41) is 5.19. The van der Waals surface area contributed by atoms with Gasteiger partial charge in [0.1, 0.15) is 11.4 Å². The van der Waals surface area contributed by atoms with Crippen LogP contribution in [0.1, 0.15) is 43.1 Å². The first-order valence-electron chi connectivity index (χ1n) is 9.94. The molecule has 0 bridgehead atoms. The van der Waals surface area contributed by atoms with Crippen LogP contribution in [0.5, 0.6) is 0 Å². The lowest BCUT2D eigenvalue weighted by atomic mass is 9.92. The van der Waals surface area contributed by atoms with Crippen LogP contribution in [-0.4, -0.2) is 35.1 Å². The molecule has 1 aliphatic heterocycles. The molecule has 1 fully saturated rings. The number of carbonyl (C=O) groups is 4. The molecule has 2 N–H and O–H groups in total. The van der Waals surface area contributed by atoms with Gasteiger partial charge in [-0.05, 0) is 36.6 Å². The Morgan fingerprint density at radius 2 is 1.81 bits per heavy atom. The van der Waals surface area contributed by atoms with E-state index in [4.69, 9.17) is 0 Å². The smallest absolute Gasteiger partial charge is 0.325 e. The SMILES string of the molecule is CC(C)CC(=O)Nc1ccc(C(=O)CN2C(=O)NC(C)(c3ccccc3)C2=O)c(F)c1. The summed E-state index contributed by atoms with van der Waals surface area (Å²) in [6, 6.07) is 11.6. The van der Waals surface area contributed by atoms with Crippen LogP contribution < -0.4 is 10.6 Å². The normalized spacial score (nSPS) is 18.3. The number of hydrogen-bond donors (Lipinski definition) is 2. The van der Waals surface area contributed by atoms with Gasteiger partial charge in [0, 0.05) is 12.1 Å². The number of imide groups is 1. The van der Waals surface area contributed by atoms with E-state index >= 15 is 0 Å². The van der Waals surface area contributed by atoms with E-state index in [1.54, 1.807) is 37.3 Å². The van der Waals surface area contributed by atoms with Gasteiger partial charge in [0.25, 0.3) is 5.91 Å². The van der Waals surface area contributed by atoms with Crippen LogP contribution in [-0.2, 0) is 15.1 Å². The largest absolute Gasteiger partial charge is 0.326 e. The number of amides is 4. The Morgan fingerprint density at radius 1 is 1.13 bits per heavy atom. The van der Waals surface area contributed by atoms with E-state index in [1.807, 2.05) is 13.8 Å². The highest BCUT2D eigenvalue weighted by Gasteiger charge is 2.49. The molecule has 1 saturated heterocycles. The third kappa shape index (κ3) is 4.63. The molecule has 0 saturated carbocycles. The first-order chi connectivity index (χ1) is 14.6. The van der Waals surface area contributed by atoms with Gasteiger partial charge in [-0.25, -0.2) is 9.18 Å². The number of halogens is 1. The van der Waals surface area contributed by atoms with Crippen molar-refractivity contribution in [2.75, 3.05) is 11.9 Å². The highest BCUT2D eigenvalue weighted by atomic mass is 19.1. The summed E-state index contributed by atoms with van der Waals surface area (Å²) in [7, 11) is 0. The fourth-order valence-electron chi connectivity index (χ4n) is 3.44. The average Bonchev–Trinajstić information content (AvgIpc) is 2.92.